The van der Waals surface area contributed by atoms with Crippen LogP contribution in [0, 0.1) is 0 Å². The Hall–Kier alpha value is -4.77. The van der Waals surface area contributed by atoms with Crippen molar-refractivity contribution in [1.29, 1.82) is 0 Å². The first-order valence-corrected chi connectivity index (χ1v) is 12.8. The molecule has 0 aliphatic heterocycles. The van der Waals surface area contributed by atoms with Crippen LogP contribution < -0.4 is 5.56 Å². The summed E-state index contributed by atoms with van der Waals surface area (Å²) in [4.78, 5) is 34.5. The highest BCUT2D eigenvalue weighted by molar-refractivity contribution is 5.92. The van der Waals surface area contributed by atoms with E-state index in [4.69, 9.17) is 4.98 Å². The average Bonchev–Trinajstić information content (AvgIpc) is 2.97. The summed E-state index contributed by atoms with van der Waals surface area (Å²) in [5.74, 6) is 0.395. The lowest BCUT2D eigenvalue weighted by Gasteiger charge is -2.32. The van der Waals surface area contributed by atoms with E-state index in [-0.39, 0.29) is 11.5 Å². The van der Waals surface area contributed by atoms with Crippen LogP contribution in [0.3, 0.4) is 0 Å². The fourth-order valence-electron chi connectivity index (χ4n) is 4.69. The molecule has 1 amide bonds. The number of carbonyl (C=O) groups is 1. The maximum atomic E-state index is 13.8. The van der Waals surface area contributed by atoms with Gasteiger partial charge in [0.2, 0.25) is 5.91 Å². The van der Waals surface area contributed by atoms with Crippen LogP contribution in [0.5, 0.6) is 0 Å². The zero-order chi connectivity index (χ0) is 26.3. The van der Waals surface area contributed by atoms with Gasteiger partial charge in [-0.2, -0.15) is 0 Å². The first-order valence-electron chi connectivity index (χ1n) is 12.8. The molecule has 0 fully saturated rings. The summed E-state index contributed by atoms with van der Waals surface area (Å²) in [6.45, 7) is 2.41. The molecule has 1 heterocycles. The van der Waals surface area contributed by atoms with Crippen molar-refractivity contribution in [3.05, 3.63) is 149 Å². The first kappa shape index (κ1) is 24.9. The minimum atomic E-state index is -0.444. The lowest BCUT2D eigenvalue weighted by Crippen LogP contribution is -2.37. The van der Waals surface area contributed by atoms with E-state index in [0.717, 1.165) is 16.8 Å². The van der Waals surface area contributed by atoms with E-state index < -0.39 is 6.04 Å². The highest BCUT2D eigenvalue weighted by atomic mass is 16.2. The molecule has 1 aromatic heterocycles. The third-order valence-electron chi connectivity index (χ3n) is 6.57. The summed E-state index contributed by atoms with van der Waals surface area (Å²) in [5.41, 5.74) is 3.13. The van der Waals surface area contributed by atoms with E-state index in [9.17, 15) is 9.59 Å². The van der Waals surface area contributed by atoms with Crippen molar-refractivity contribution in [2.75, 3.05) is 0 Å². The van der Waals surface area contributed by atoms with Crippen molar-refractivity contribution in [1.82, 2.24) is 14.5 Å². The first-order chi connectivity index (χ1) is 18.7. The average molecular weight is 500 g/mol. The molecule has 0 spiro atoms. The summed E-state index contributed by atoms with van der Waals surface area (Å²) in [5, 5.41) is 0.542. The largest absolute Gasteiger partial charge is 0.325 e. The number of benzene rings is 4. The van der Waals surface area contributed by atoms with Crippen molar-refractivity contribution in [3.8, 4) is 5.69 Å². The monoisotopic (exact) mass is 499 g/mol. The summed E-state index contributed by atoms with van der Waals surface area (Å²) < 4.78 is 1.66. The van der Waals surface area contributed by atoms with Crippen LogP contribution in [0.15, 0.2) is 126 Å². The van der Waals surface area contributed by atoms with Crippen molar-refractivity contribution < 1.29 is 4.79 Å². The number of fused-ring (bicyclic) bond motifs is 1. The smallest absolute Gasteiger partial charge is 0.266 e. The second kappa shape index (κ2) is 11.5. The van der Waals surface area contributed by atoms with Gasteiger partial charge in [-0.25, -0.2) is 4.98 Å². The van der Waals surface area contributed by atoms with Crippen LogP contribution in [0.1, 0.15) is 36.3 Å². The van der Waals surface area contributed by atoms with Gasteiger partial charge in [0.25, 0.3) is 5.56 Å². The number of rotatable bonds is 8. The van der Waals surface area contributed by atoms with Gasteiger partial charge in [-0.15, -0.1) is 0 Å². The summed E-state index contributed by atoms with van der Waals surface area (Å²) in [6.07, 6.45) is 4.01. The molecular formula is C33H29N3O2. The quantitative estimate of drug-likeness (QED) is 0.227. The van der Waals surface area contributed by atoms with E-state index in [2.05, 4.69) is 0 Å². The second-order valence-corrected chi connectivity index (χ2v) is 9.08. The van der Waals surface area contributed by atoms with Gasteiger partial charge in [0.15, 0.2) is 0 Å². The molecular weight excluding hydrogens is 470 g/mol. The van der Waals surface area contributed by atoms with Crippen molar-refractivity contribution in [2.24, 2.45) is 0 Å². The predicted octanol–water partition coefficient (Wildman–Crippen LogP) is 6.58. The molecule has 5 rings (SSSR count). The van der Waals surface area contributed by atoms with E-state index in [0.29, 0.717) is 29.7 Å². The Morgan fingerprint density at radius 3 is 2.13 bits per heavy atom. The van der Waals surface area contributed by atoms with Crippen molar-refractivity contribution in [2.45, 2.75) is 25.9 Å². The SMILES string of the molecule is CCC(c1nc2ccccc2c(=O)n1-c1ccccc1)N(Cc1ccccc1)C(=O)/C=C/c1ccccc1. The van der Waals surface area contributed by atoms with Gasteiger partial charge < -0.3 is 4.90 Å². The van der Waals surface area contributed by atoms with Gasteiger partial charge >= 0.3 is 0 Å². The third-order valence-corrected chi connectivity index (χ3v) is 6.57. The molecule has 38 heavy (non-hydrogen) atoms. The number of carbonyl (C=O) groups excluding carboxylic acids is 1. The van der Waals surface area contributed by atoms with Crippen LogP contribution in [-0.4, -0.2) is 20.4 Å². The fraction of sp³-hybridized carbons (Fsp3) is 0.121. The maximum Gasteiger partial charge on any atom is 0.266 e. The topological polar surface area (TPSA) is 55.2 Å². The standard InChI is InChI=1S/C33H29N3O2/c1-2-30(32-34-29-21-13-12-20-28(29)33(38)36(32)27-18-10-5-11-19-27)35(24-26-16-8-4-9-17-26)31(37)23-22-25-14-6-3-7-15-25/h3-23,30H,2,24H2,1H3/b23-22+. The second-order valence-electron chi connectivity index (χ2n) is 9.08. The minimum absolute atomic E-state index is 0.147. The number of nitrogens with zero attached hydrogens (tertiary/aromatic N) is 3. The molecule has 0 saturated carbocycles. The molecule has 0 saturated heterocycles. The predicted molar refractivity (Wildman–Crippen MR) is 153 cm³/mol. The van der Waals surface area contributed by atoms with Gasteiger partial charge in [0.1, 0.15) is 5.82 Å². The van der Waals surface area contributed by atoms with Gasteiger partial charge in [-0.3, -0.25) is 14.2 Å². The molecule has 1 unspecified atom stereocenters. The molecule has 0 aliphatic carbocycles. The summed E-state index contributed by atoms with van der Waals surface area (Å²) in [6, 6.07) is 36.1. The van der Waals surface area contributed by atoms with Crippen LogP contribution in [0.25, 0.3) is 22.7 Å². The maximum absolute atomic E-state index is 13.8. The number of aromatic nitrogens is 2. The summed E-state index contributed by atoms with van der Waals surface area (Å²) in [7, 11) is 0. The molecule has 5 aromatic rings. The van der Waals surface area contributed by atoms with Crippen molar-refractivity contribution in [3.63, 3.8) is 0 Å². The van der Waals surface area contributed by atoms with Gasteiger partial charge in [-0.1, -0.05) is 97.9 Å². The summed E-state index contributed by atoms with van der Waals surface area (Å²) >= 11 is 0. The molecule has 0 radical (unpaired) electrons. The number of hydrogen-bond donors (Lipinski definition) is 0. The lowest BCUT2D eigenvalue weighted by molar-refractivity contribution is -0.129. The minimum Gasteiger partial charge on any atom is -0.325 e. The molecule has 4 aromatic carbocycles. The fourth-order valence-corrected chi connectivity index (χ4v) is 4.69. The van der Waals surface area contributed by atoms with Gasteiger partial charge in [0.05, 0.1) is 22.6 Å². The van der Waals surface area contributed by atoms with E-state index in [1.54, 1.807) is 16.7 Å². The highest BCUT2D eigenvalue weighted by Crippen LogP contribution is 2.28. The Morgan fingerprint density at radius 1 is 0.842 bits per heavy atom. The Morgan fingerprint density at radius 2 is 1.45 bits per heavy atom. The Kier molecular flexibility index (Phi) is 7.55. The van der Waals surface area contributed by atoms with Crippen LogP contribution in [-0.2, 0) is 11.3 Å². The molecule has 5 heteroatoms. The van der Waals surface area contributed by atoms with E-state index in [1.165, 1.54) is 0 Å². The number of para-hydroxylation sites is 2. The van der Waals surface area contributed by atoms with E-state index in [1.807, 2.05) is 127 Å². The molecule has 0 N–H and O–H groups in total. The van der Waals surface area contributed by atoms with Crippen LogP contribution in [0.2, 0.25) is 0 Å². The molecule has 0 bridgehead atoms. The number of amides is 1. The molecule has 1 atom stereocenters. The van der Waals surface area contributed by atoms with Crippen LogP contribution >= 0.6 is 0 Å². The Balaban J connectivity index is 1.66. The Bertz CT molecular complexity index is 1610. The van der Waals surface area contributed by atoms with Crippen molar-refractivity contribution >= 4 is 22.9 Å². The molecule has 5 nitrogen and oxygen atoms in total. The third kappa shape index (κ3) is 5.32. The van der Waals surface area contributed by atoms with Gasteiger partial charge in [-0.05, 0) is 47.9 Å². The van der Waals surface area contributed by atoms with E-state index >= 15 is 0 Å². The Labute approximate surface area is 222 Å². The zero-order valence-electron chi connectivity index (χ0n) is 21.3. The molecule has 188 valence electrons. The highest BCUT2D eigenvalue weighted by Gasteiger charge is 2.28. The van der Waals surface area contributed by atoms with Gasteiger partial charge in [0, 0.05) is 12.6 Å². The lowest BCUT2D eigenvalue weighted by atomic mass is 10.1. The zero-order valence-corrected chi connectivity index (χ0v) is 21.3. The van der Waals surface area contributed by atoms with Crippen LogP contribution in [0.4, 0.5) is 0 Å². The normalized spacial score (nSPS) is 12.0. The molecule has 0 aliphatic rings. The number of hydrogen-bond acceptors (Lipinski definition) is 3.